The molecule has 0 aromatic heterocycles. The second-order valence-corrected chi connectivity index (χ2v) is 5.93. The SMILES string of the molecule is CN1CCCC(N2CCNCC2c2ccccc2)C1. The standard InChI is InChI=1S/C16H25N3/c1-18-10-5-8-15(13-18)19-11-9-17-12-16(19)14-6-3-2-4-7-14/h2-4,6-7,15-17H,5,8-13H2,1H3. The fourth-order valence-electron chi connectivity index (χ4n) is 3.55. The summed E-state index contributed by atoms with van der Waals surface area (Å²) in [5.41, 5.74) is 1.46. The number of nitrogens with one attached hydrogen (secondary N) is 1. The molecular formula is C16H25N3. The van der Waals surface area contributed by atoms with Crippen molar-refractivity contribution in [1.82, 2.24) is 15.1 Å². The Bertz CT molecular complexity index is 392. The largest absolute Gasteiger partial charge is 0.314 e. The molecule has 0 aliphatic carbocycles. The van der Waals surface area contributed by atoms with Crippen molar-refractivity contribution in [3.63, 3.8) is 0 Å². The molecule has 2 atom stereocenters. The van der Waals surface area contributed by atoms with Crippen molar-refractivity contribution < 1.29 is 0 Å². The number of piperazine rings is 1. The molecule has 0 radical (unpaired) electrons. The van der Waals surface area contributed by atoms with Crippen molar-refractivity contribution in [1.29, 1.82) is 0 Å². The number of hydrogen-bond acceptors (Lipinski definition) is 3. The number of hydrogen-bond donors (Lipinski definition) is 1. The van der Waals surface area contributed by atoms with E-state index in [0.717, 1.165) is 19.1 Å². The highest BCUT2D eigenvalue weighted by Gasteiger charge is 2.31. The van der Waals surface area contributed by atoms with Crippen LogP contribution >= 0.6 is 0 Å². The van der Waals surface area contributed by atoms with E-state index in [2.05, 4.69) is 52.5 Å². The van der Waals surface area contributed by atoms with Gasteiger partial charge in [-0.2, -0.15) is 0 Å². The first-order valence-electron chi connectivity index (χ1n) is 7.54. The molecule has 3 rings (SSSR count). The number of benzene rings is 1. The van der Waals surface area contributed by atoms with Crippen molar-refractivity contribution in [3.05, 3.63) is 35.9 Å². The fraction of sp³-hybridized carbons (Fsp3) is 0.625. The molecule has 2 aliphatic rings. The minimum absolute atomic E-state index is 0.548. The van der Waals surface area contributed by atoms with Gasteiger partial charge in [-0.25, -0.2) is 0 Å². The molecule has 1 aromatic carbocycles. The first kappa shape index (κ1) is 13.1. The molecule has 0 spiro atoms. The third-order valence-electron chi connectivity index (χ3n) is 4.54. The van der Waals surface area contributed by atoms with Gasteiger partial charge in [0.2, 0.25) is 0 Å². The van der Waals surface area contributed by atoms with E-state index >= 15 is 0 Å². The Morgan fingerprint density at radius 2 is 2.00 bits per heavy atom. The zero-order valence-corrected chi connectivity index (χ0v) is 11.9. The molecular weight excluding hydrogens is 234 g/mol. The summed E-state index contributed by atoms with van der Waals surface area (Å²) in [4.78, 5) is 5.22. The summed E-state index contributed by atoms with van der Waals surface area (Å²) >= 11 is 0. The van der Waals surface area contributed by atoms with Crippen LogP contribution in [0.1, 0.15) is 24.4 Å². The third kappa shape index (κ3) is 2.99. The molecule has 3 heteroatoms. The van der Waals surface area contributed by atoms with E-state index in [1.807, 2.05) is 0 Å². The van der Waals surface area contributed by atoms with Gasteiger partial charge in [0.25, 0.3) is 0 Å². The minimum Gasteiger partial charge on any atom is -0.314 e. The summed E-state index contributed by atoms with van der Waals surface area (Å²) in [6.07, 6.45) is 2.69. The molecule has 0 bridgehead atoms. The molecule has 2 aliphatic heterocycles. The lowest BCUT2D eigenvalue weighted by Gasteiger charge is -2.45. The molecule has 3 nitrogen and oxygen atoms in total. The molecule has 1 aromatic rings. The van der Waals surface area contributed by atoms with Crippen LogP contribution in [0.15, 0.2) is 30.3 Å². The van der Waals surface area contributed by atoms with Crippen LogP contribution in [-0.2, 0) is 0 Å². The van der Waals surface area contributed by atoms with Crippen LogP contribution in [0, 0.1) is 0 Å². The number of piperidine rings is 1. The maximum absolute atomic E-state index is 3.56. The zero-order valence-electron chi connectivity index (χ0n) is 11.9. The van der Waals surface area contributed by atoms with Crippen molar-refractivity contribution in [2.45, 2.75) is 24.9 Å². The van der Waals surface area contributed by atoms with E-state index in [1.165, 1.54) is 38.0 Å². The summed E-state index contributed by atoms with van der Waals surface area (Å²) in [7, 11) is 2.26. The van der Waals surface area contributed by atoms with Gasteiger partial charge in [0, 0.05) is 38.3 Å². The smallest absolute Gasteiger partial charge is 0.0476 e. The molecule has 2 unspecified atom stereocenters. The molecule has 0 saturated carbocycles. The van der Waals surface area contributed by atoms with Gasteiger partial charge >= 0.3 is 0 Å². The number of rotatable bonds is 2. The van der Waals surface area contributed by atoms with Crippen LogP contribution in [0.25, 0.3) is 0 Å². The van der Waals surface area contributed by atoms with Crippen molar-refractivity contribution in [2.75, 3.05) is 39.8 Å². The van der Waals surface area contributed by atoms with Crippen LogP contribution in [0.4, 0.5) is 0 Å². The van der Waals surface area contributed by atoms with E-state index in [9.17, 15) is 0 Å². The number of nitrogens with zero attached hydrogens (tertiary/aromatic N) is 2. The Morgan fingerprint density at radius 1 is 1.16 bits per heavy atom. The van der Waals surface area contributed by atoms with Crippen LogP contribution in [0.3, 0.4) is 0 Å². The summed E-state index contributed by atoms with van der Waals surface area (Å²) < 4.78 is 0. The first-order valence-corrected chi connectivity index (χ1v) is 7.54. The number of likely N-dealkylation sites (N-methyl/N-ethyl adjacent to an activating group) is 1. The van der Waals surface area contributed by atoms with E-state index in [0.29, 0.717) is 6.04 Å². The highest BCUT2D eigenvalue weighted by molar-refractivity contribution is 5.20. The number of likely N-dealkylation sites (tertiary alicyclic amines) is 1. The predicted molar refractivity (Wildman–Crippen MR) is 79.3 cm³/mol. The summed E-state index contributed by atoms with van der Waals surface area (Å²) in [6.45, 7) is 5.88. The van der Waals surface area contributed by atoms with Gasteiger partial charge in [-0.15, -0.1) is 0 Å². The molecule has 2 saturated heterocycles. The Balaban J connectivity index is 1.77. The van der Waals surface area contributed by atoms with Gasteiger partial charge in [0.15, 0.2) is 0 Å². The topological polar surface area (TPSA) is 18.5 Å². The lowest BCUT2D eigenvalue weighted by atomic mass is 9.97. The fourth-order valence-corrected chi connectivity index (χ4v) is 3.55. The van der Waals surface area contributed by atoms with Crippen molar-refractivity contribution >= 4 is 0 Å². The molecule has 1 N–H and O–H groups in total. The van der Waals surface area contributed by atoms with Gasteiger partial charge in [-0.3, -0.25) is 4.90 Å². The first-order chi connectivity index (χ1) is 9.34. The van der Waals surface area contributed by atoms with Crippen molar-refractivity contribution in [2.24, 2.45) is 0 Å². The molecule has 0 amide bonds. The van der Waals surface area contributed by atoms with Gasteiger partial charge in [-0.1, -0.05) is 30.3 Å². The van der Waals surface area contributed by atoms with Gasteiger partial charge in [0.1, 0.15) is 0 Å². The highest BCUT2D eigenvalue weighted by Crippen LogP contribution is 2.27. The van der Waals surface area contributed by atoms with Gasteiger partial charge in [0.05, 0.1) is 0 Å². The van der Waals surface area contributed by atoms with E-state index in [1.54, 1.807) is 0 Å². The second-order valence-electron chi connectivity index (χ2n) is 5.93. The average molecular weight is 259 g/mol. The predicted octanol–water partition coefficient (Wildman–Crippen LogP) is 1.73. The lowest BCUT2D eigenvalue weighted by molar-refractivity contribution is 0.0576. The van der Waals surface area contributed by atoms with E-state index < -0.39 is 0 Å². The van der Waals surface area contributed by atoms with Gasteiger partial charge in [-0.05, 0) is 32.0 Å². The summed E-state index contributed by atoms with van der Waals surface area (Å²) in [5.74, 6) is 0. The van der Waals surface area contributed by atoms with E-state index in [4.69, 9.17) is 0 Å². The molecule has 19 heavy (non-hydrogen) atoms. The Morgan fingerprint density at radius 3 is 2.79 bits per heavy atom. The lowest BCUT2D eigenvalue weighted by Crippen LogP contribution is -2.54. The average Bonchev–Trinajstić information content (AvgIpc) is 2.48. The molecule has 2 fully saturated rings. The zero-order chi connectivity index (χ0) is 13.1. The summed E-state index contributed by atoms with van der Waals surface area (Å²) in [5, 5.41) is 3.56. The minimum atomic E-state index is 0.548. The third-order valence-corrected chi connectivity index (χ3v) is 4.54. The van der Waals surface area contributed by atoms with Crippen LogP contribution in [0.5, 0.6) is 0 Å². The quantitative estimate of drug-likeness (QED) is 0.872. The summed E-state index contributed by atoms with van der Waals surface area (Å²) in [6, 6.07) is 12.3. The van der Waals surface area contributed by atoms with Crippen LogP contribution < -0.4 is 5.32 Å². The monoisotopic (exact) mass is 259 g/mol. The maximum atomic E-state index is 3.56. The van der Waals surface area contributed by atoms with Crippen LogP contribution in [-0.4, -0.2) is 55.6 Å². The highest BCUT2D eigenvalue weighted by atomic mass is 15.3. The maximum Gasteiger partial charge on any atom is 0.0476 e. The second kappa shape index (κ2) is 6.04. The Hall–Kier alpha value is -0.900. The molecule has 104 valence electrons. The normalized spacial score (nSPS) is 30.4. The van der Waals surface area contributed by atoms with E-state index in [-0.39, 0.29) is 0 Å². The van der Waals surface area contributed by atoms with Crippen LogP contribution in [0.2, 0.25) is 0 Å². The van der Waals surface area contributed by atoms with Crippen molar-refractivity contribution in [3.8, 4) is 0 Å². The van der Waals surface area contributed by atoms with Gasteiger partial charge < -0.3 is 10.2 Å². The molecule has 2 heterocycles. The Kier molecular flexibility index (Phi) is 4.16. The Labute approximate surface area is 116 Å².